The molecule has 4 heterocycles. The molecule has 2 aliphatic rings. The quantitative estimate of drug-likeness (QED) is 0.149. The Labute approximate surface area is 393 Å². The van der Waals surface area contributed by atoms with Gasteiger partial charge in [0.05, 0.1) is 69.3 Å². The Morgan fingerprint density at radius 1 is 0.235 bits per heavy atom. The standard InChI is InChI=1S/C58H40N10/c1-3-16-43(17-4-1)65-51-22-7-11-26-55(51)67(56-27-12-8-23-52(56)65)45-34-30-41(31-35-45)49-39-63(61-59-49)47-20-15-21-48(38-47)64-40-50(60-62-64)42-32-36-46(37-33-42)68-57-28-13-9-24-53(57)66(44-18-5-2-6-19-44)54-25-10-14-29-58(54)68/h1-40H. The number of para-hydroxylation sites is 10. The van der Waals surface area contributed by atoms with Crippen LogP contribution < -0.4 is 19.6 Å². The average molecular weight is 877 g/mol. The van der Waals surface area contributed by atoms with E-state index in [0.717, 1.165) is 102 Å². The Bertz CT molecular complexity index is 3270. The lowest BCUT2D eigenvalue weighted by Gasteiger charge is -2.40. The van der Waals surface area contributed by atoms with Gasteiger partial charge in [0.1, 0.15) is 11.4 Å². The van der Waals surface area contributed by atoms with Gasteiger partial charge >= 0.3 is 0 Å². The molecule has 13 rings (SSSR count). The van der Waals surface area contributed by atoms with Crippen LogP contribution in [0.5, 0.6) is 0 Å². The van der Waals surface area contributed by atoms with Crippen molar-refractivity contribution in [3.05, 3.63) is 243 Å². The molecule has 10 nitrogen and oxygen atoms in total. The Kier molecular flexibility index (Phi) is 9.24. The number of anilines is 12. The first-order valence-electron chi connectivity index (χ1n) is 22.6. The summed E-state index contributed by atoms with van der Waals surface area (Å²) in [5.41, 5.74) is 18.4. The van der Waals surface area contributed by atoms with Crippen molar-refractivity contribution in [3.63, 3.8) is 0 Å². The number of fused-ring (bicyclic) bond motifs is 4. The summed E-state index contributed by atoms with van der Waals surface area (Å²) in [6, 6.07) is 80.4. The maximum Gasteiger partial charge on any atom is 0.113 e. The second kappa shape index (κ2) is 16.2. The molecule has 10 heteroatoms. The Hall–Kier alpha value is -9.54. The minimum Gasteiger partial charge on any atom is -0.306 e. The van der Waals surface area contributed by atoms with Gasteiger partial charge in [-0.3, -0.25) is 0 Å². The molecule has 0 spiro atoms. The van der Waals surface area contributed by atoms with Gasteiger partial charge in [-0.15, -0.1) is 10.2 Å². The molecule has 2 aliphatic heterocycles. The summed E-state index contributed by atoms with van der Waals surface area (Å²) in [7, 11) is 0. The van der Waals surface area contributed by atoms with E-state index in [9.17, 15) is 0 Å². The van der Waals surface area contributed by atoms with Gasteiger partial charge in [-0.25, -0.2) is 9.36 Å². The van der Waals surface area contributed by atoms with Gasteiger partial charge in [-0.05, 0) is 115 Å². The molecular weight excluding hydrogens is 837 g/mol. The number of hydrogen-bond acceptors (Lipinski definition) is 8. The maximum absolute atomic E-state index is 4.60. The fraction of sp³-hybridized carbons (Fsp3) is 0. The van der Waals surface area contributed by atoms with Gasteiger partial charge in [0.2, 0.25) is 0 Å². The topological polar surface area (TPSA) is 74.4 Å². The molecule has 0 fully saturated rings. The van der Waals surface area contributed by atoms with Crippen LogP contribution in [0.25, 0.3) is 33.9 Å². The van der Waals surface area contributed by atoms with Crippen LogP contribution in [0.3, 0.4) is 0 Å². The highest BCUT2D eigenvalue weighted by Gasteiger charge is 2.31. The third-order valence-corrected chi connectivity index (χ3v) is 12.7. The third kappa shape index (κ3) is 6.58. The zero-order chi connectivity index (χ0) is 45.0. The second-order valence-corrected chi connectivity index (χ2v) is 16.7. The van der Waals surface area contributed by atoms with E-state index in [1.54, 1.807) is 9.36 Å². The molecule has 0 saturated heterocycles. The number of aromatic nitrogens is 6. The van der Waals surface area contributed by atoms with Crippen LogP contribution in [0.1, 0.15) is 0 Å². The van der Waals surface area contributed by atoms with Crippen LogP contribution in [0.15, 0.2) is 243 Å². The van der Waals surface area contributed by atoms with Crippen molar-refractivity contribution in [2.24, 2.45) is 0 Å². The van der Waals surface area contributed by atoms with Gasteiger partial charge in [-0.2, -0.15) is 0 Å². The van der Waals surface area contributed by atoms with E-state index in [2.05, 4.69) is 246 Å². The summed E-state index contributed by atoms with van der Waals surface area (Å²) >= 11 is 0. The van der Waals surface area contributed by atoms with E-state index in [0.29, 0.717) is 0 Å². The molecule has 0 atom stereocenters. The van der Waals surface area contributed by atoms with Gasteiger partial charge in [0.25, 0.3) is 0 Å². The van der Waals surface area contributed by atoms with E-state index in [-0.39, 0.29) is 0 Å². The van der Waals surface area contributed by atoms with Crippen LogP contribution in [0, 0.1) is 0 Å². The van der Waals surface area contributed by atoms with Crippen molar-refractivity contribution >= 4 is 68.2 Å². The normalized spacial score (nSPS) is 12.6. The lowest BCUT2D eigenvalue weighted by molar-refractivity contribution is 0.786. The molecule has 0 N–H and O–H groups in total. The predicted molar refractivity (Wildman–Crippen MR) is 273 cm³/mol. The van der Waals surface area contributed by atoms with Crippen LogP contribution in [-0.2, 0) is 0 Å². The molecule has 11 aromatic rings. The Balaban J connectivity index is 0.747. The SMILES string of the molecule is c1ccc(N2c3ccccc3N(c3ccc(-c4cn(-c5cccc(-n6cc(-c7ccc(N8c9ccccc9N(c9ccccc9)c9ccccc98)cc7)nn6)c5)nn4)cc3)c3ccccc32)cc1. The summed E-state index contributed by atoms with van der Waals surface area (Å²) in [6.07, 6.45) is 3.92. The summed E-state index contributed by atoms with van der Waals surface area (Å²) in [5, 5.41) is 18.3. The summed E-state index contributed by atoms with van der Waals surface area (Å²) < 4.78 is 3.60. The highest BCUT2D eigenvalue weighted by Crippen LogP contribution is 2.55. The van der Waals surface area contributed by atoms with Crippen molar-refractivity contribution in [3.8, 4) is 33.9 Å². The first kappa shape index (κ1) is 38.9. The van der Waals surface area contributed by atoms with Crippen LogP contribution in [-0.4, -0.2) is 30.0 Å². The summed E-state index contributed by atoms with van der Waals surface area (Å²) in [5.74, 6) is 0. The number of hydrogen-bond donors (Lipinski definition) is 0. The molecule has 0 amide bonds. The predicted octanol–water partition coefficient (Wildman–Crippen LogP) is 14.7. The molecule has 9 aromatic carbocycles. The monoisotopic (exact) mass is 876 g/mol. The smallest absolute Gasteiger partial charge is 0.113 e. The zero-order valence-electron chi connectivity index (χ0n) is 36.6. The van der Waals surface area contributed by atoms with Crippen LogP contribution in [0.4, 0.5) is 68.2 Å². The van der Waals surface area contributed by atoms with Crippen molar-refractivity contribution in [2.75, 3.05) is 19.6 Å². The maximum atomic E-state index is 4.60. The lowest BCUT2D eigenvalue weighted by Crippen LogP contribution is -2.23. The first-order chi connectivity index (χ1) is 33.7. The van der Waals surface area contributed by atoms with Crippen molar-refractivity contribution in [1.29, 1.82) is 0 Å². The van der Waals surface area contributed by atoms with E-state index in [4.69, 9.17) is 0 Å². The van der Waals surface area contributed by atoms with Gasteiger partial charge in [0.15, 0.2) is 0 Å². The summed E-state index contributed by atoms with van der Waals surface area (Å²) in [4.78, 5) is 9.32. The fourth-order valence-electron chi connectivity index (χ4n) is 9.54. The van der Waals surface area contributed by atoms with Crippen LogP contribution in [0.2, 0.25) is 0 Å². The largest absolute Gasteiger partial charge is 0.306 e. The molecule has 322 valence electrons. The minimum absolute atomic E-state index is 0.771. The van der Waals surface area contributed by atoms with E-state index in [1.165, 1.54) is 0 Å². The van der Waals surface area contributed by atoms with E-state index < -0.39 is 0 Å². The number of benzene rings is 9. The van der Waals surface area contributed by atoms with Gasteiger partial charge in [0, 0.05) is 33.9 Å². The average Bonchev–Trinajstić information content (AvgIpc) is 4.12. The minimum atomic E-state index is 0.771. The molecule has 0 bridgehead atoms. The highest BCUT2D eigenvalue weighted by molar-refractivity contribution is 6.03. The molecule has 0 radical (unpaired) electrons. The summed E-state index contributed by atoms with van der Waals surface area (Å²) in [6.45, 7) is 0. The van der Waals surface area contributed by atoms with Crippen LogP contribution >= 0.6 is 0 Å². The van der Waals surface area contributed by atoms with E-state index >= 15 is 0 Å². The molecule has 0 saturated carbocycles. The second-order valence-electron chi connectivity index (χ2n) is 16.7. The van der Waals surface area contributed by atoms with Crippen molar-refractivity contribution in [2.45, 2.75) is 0 Å². The third-order valence-electron chi connectivity index (χ3n) is 12.7. The van der Waals surface area contributed by atoms with E-state index in [1.807, 2.05) is 36.7 Å². The van der Waals surface area contributed by atoms with Crippen molar-refractivity contribution in [1.82, 2.24) is 30.0 Å². The Morgan fingerprint density at radius 2 is 0.500 bits per heavy atom. The molecule has 68 heavy (non-hydrogen) atoms. The number of rotatable bonds is 8. The molecule has 2 aromatic heterocycles. The highest BCUT2D eigenvalue weighted by atomic mass is 15.4. The fourth-order valence-corrected chi connectivity index (χ4v) is 9.54. The zero-order valence-corrected chi connectivity index (χ0v) is 36.6. The van der Waals surface area contributed by atoms with Crippen molar-refractivity contribution < 1.29 is 0 Å². The molecular formula is C58H40N10. The number of nitrogens with zero attached hydrogens (tertiary/aromatic N) is 10. The van der Waals surface area contributed by atoms with Gasteiger partial charge in [-0.1, -0.05) is 126 Å². The molecule has 0 aliphatic carbocycles. The molecule has 0 unspecified atom stereocenters. The van der Waals surface area contributed by atoms with Gasteiger partial charge < -0.3 is 19.6 Å². The Morgan fingerprint density at radius 3 is 0.809 bits per heavy atom. The first-order valence-corrected chi connectivity index (χ1v) is 22.6. The lowest BCUT2D eigenvalue weighted by atomic mass is 10.0.